The topological polar surface area (TPSA) is 55.1 Å². The molecule has 104 valence electrons. The third kappa shape index (κ3) is 4.35. The Morgan fingerprint density at radius 1 is 1.32 bits per heavy atom. The summed E-state index contributed by atoms with van der Waals surface area (Å²) in [4.78, 5) is 11.9. The molecule has 0 bridgehead atoms. The van der Waals surface area contributed by atoms with Gasteiger partial charge in [0.2, 0.25) is 5.91 Å². The van der Waals surface area contributed by atoms with Crippen molar-refractivity contribution in [1.29, 1.82) is 0 Å². The summed E-state index contributed by atoms with van der Waals surface area (Å²) in [6.07, 6.45) is 4.83. The summed E-state index contributed by atoms with van der Waals surface area (Å²) in [5, 5.41) is 3.06. The number of benzene rings is 1. The van der Waals surface area contributed by atoms with E-state index in [0.29, 0.717) is 18.9 Å². The van der Waals surface area contributed by atoms with E-state index in [2.05, 4.69) is 36.5 Å². The molecule has 1 unspecified atom stereocenters. The van der Waals surface area contributed by atoms with Crippen LogP contribution < -0.4 is 11.1 Å². The van der Waals surface area contributed by atoms with Crippen molar-refractivity contribution in [2.75, 3.05) is 6.54 Å². The third-order valence-electron chi connectivity index (χ3n) is 3.86. The fraction of sp³-hybridized carbons (Fsp3) is 0.562. The Labute approximate surface area is 115 Å². The van der Waals surface area contributed by atoms with Gasteiger partial charge in [0, 0.05) is 19.0 Å². The average molecular weight is 260 g/mol. The van der Waals surface area contributed by atoms with Crippen LogP contribution in [0, 0.1) is 5.92 Å². The Bertz CT molecular complexity index is 409. The summed E-state index contributed by atoms with van der Waals surface area (Å²) < 4.78 is 0. The van der Waals surface area contributed by atoms with Crippen LogP contribution in [-0.4, -0.2) is 18.5 Å². The lowest BCUT2D eigenvalue weighted by atomic mass is 10.1. The van der Waals surface area contributed by atoms with Crippen molar-refractivity contribution in [2.45, 2.75) is 45.1 Å². The van der Waals surface area contributed by atoms with Crippen molar-refractivity contribution in [3.05, 3.63) is 35.4 Å². The molecule has 1 fully saturated rings. The van der Waals surface area contributed by atoms with Crippen LogP contribution >= 0.6 is 0 Å². The molecule has 0 radical (unpaired) electrons. The Morgan fingerprint density at radius 3 is 2.47 bits per heavy atom. The molecule has 0 heterocycles. The van der Waals surface area contributed by atoms with Crippen molar-refractivity contribution in [1.82, 2.24) is 5.32 Å². The van der Waals surface area contributed by atoms with Crippen LogP contribution in [0.25, 0.3) is 0 Å². The van der Waals surface area contributed by atoms with Crippen molar-refractivity contribution in [3.63, 3.8) is 0 Å². The molecule has 0 saturated heterocycles. The molecule has 2 rings (SSSR count). The van der Waals surface area contributed by atoms with Crippen LogP contribution in [-0.2, 0) is 17.6 Å². The zero-order chi connectivity index (χ0) is 13.7. The van der Waals surface area contributed by atoms with E-state index in [0.717, 1.165) is 12.8 Å². The first-order valence-electron chi connectivity index (χ1n) is 7.30. The zero-order valence-corrected chi connectivity index (χ0v) is 11.7. The van der Waals surface area contributed by atoms with Crippen LogP contribution in [0.1, 0.15) is 37.3 Å². The number of nitrogens with two attached hydrogens (primary N) is 1. The molecular weight excluding hydrogens is 236 g/mol. The Morgan fingerprint density at radius 2 is 1.95 bits per heavy atom. The van der Waals surface area contributed by atoms with Crippen molar-refractivity contribution >= 4 is 5.91 Å². The molecule has 3 heteroatoms. The largest absolute Gasteiger partial charge is 0.352 e. The smallest absolute Gasteiger partial charge is 0.220 e. The Hall–Kier alpha value is -1.35. The van der Waals surface area contributed by atoms with E-state index in [1.807, 2.05) is 0 Å². The van der Waals surface area contributed by atoms with Gasteiger partial charge in [-0.15, -0.1) is 0 Å². The van der Waals surface area contributed by atoms with Gasteiger partial charge in [-0.3, -0.25) is 4.79 Å². The van der Waals surface area contributed by atoms with E-state index < -0.39 is 0 Å². The first kappa shape index (κ1) is 14.1. The molecule has 3 N–H and O–H groups in total. The quantitative estimate of drug-likeness (QED) is 0.788. The molecule has 1 aromatic rings. The molecule has 1 amide bonds. The second kappa shape index (κ2) is 6.71. The average Bonchev–Trinajstić information content (AvgIpc) is 3.27. The third-order valence-corrected chi connectivity index (χ3v) is 3.86. The van der Waals surface area contributed by atoms with Crippen LogP contribution in [0.5, 0.6) is 0 Å². The van der Waals surface area contributed by atoms with E-state index in [1.165, 1.54) is 24.0 Å². The standard InChI is InChI=1S/C16H24N2O/c1-2-12-3-5-13(6-4-12)7-10-16(19)18-15(11-17)14-8-9-14/h3-6,14-15H,2,7-11,17H2,1H3,(H,18,19). The number of nitrogens with one attached hydrogen (secondary N) is 1. The molecule has 1 atom stereocenters. The zero-order valence-electron chi connectivity index (χ0n) is 11.7. The molecule has 0 aromatic heterocycles. The molecule has 19 heavy (non-hydrogen) atoms. The predicted octanol–water partition coefficient (Wildman–Crippen LogP) is 2.04. The van der Waals surface area contributed by atoms with Crippen LogP contribution in [0.4, 0.5) is 0 Å². The lowest BCUT2D eigenvalue weighted by Crippen LogP contribution is -2.41. The van der Waals surface area contributed by atoms with Gasteiger partial charge in [0.05, 0.1) is 0 Å². The van der Waals surface area contributed by atoms with Gasteiger partial charge in [-0.05, 0) is 42.7 Å². The SMILES string of the molecule is CCc1ccc(CCC(=O)NC(CN)C2CC2)cc1. The highest BCUT2D eigenvalue weighted by Gasteiger charge is 2.30. The summed E-state index contributed by atoms with van der Waals surface area (Å²) in [6.45, 7) is 2.70. The predicted molar refractivity (Wildman–Crippen MR) is 77.9 cm³/mol. The van der Waals surface area contributed by atoms with Crippen LogP contribution in [0.2, 0.25) is 0 Å². The number of hydrogen-bond donors (Lipinski definition) is 2. The maximum atomic E-state index is 11.9. The second-order valence-corrected chi connectivity index (χ2v) is 5.42. The number of carbonyl (C=O) groups excluding carboxylic acids is 1. The van der Waals surface area contributed by atoms with E-state index in [4.69, 9.17) is 5.73 Å². The van der Waals surface area contributed by atoms with Crippen molar-refractivity contribution in [3.8, 4) is 0 Å². The normalized spacial score (nSPS) is 16.1. The minimum absolute atomic E-state index is 0.127. The van der Waals surface area contributed by atoms with Crippen molar-refractivity contribution in [2.24, 2.45) is 11.7 Å². The highest BCUT2D eigenvalue weighted by atomic mass is 16.1. The highest BCUT2D eigenvalue weighted by Crippen LogP contribution is 2.32. The maximum absolute atomic E-state index is 11.9. The minimum atomic E-state index is 0.127. The van der Waals surface area contributed by atoms with Gasteiger partial charge in [0.1, 0.15) is 0 Å². The number of amides is 1. The molecule has 1 aliphatic rings. The molecular formula is C16H24N2O. The Kier molecular flexibility index (Phi) is 4.97. The Balaban J connectivity index is 1.75. The first-order chi connectivity index (χ1) is 9.22. The first-order valence-corrected chi connectivity index (χ1v) is 7.30. The molecule has 0 aliphatic heterocycles. The molecule has 1 aliphatic carbocycles. The van der Waals surface area contributed by atoms with Gasteiger partial charge in [-0.2, -0.15) is 0 Å². The van der Waals surface area contributed by atoms with Gasteiger partial charge in [-0.1, -0.05) is 31.2 Å². The summed E-state index contributed by atoms with van der Waals surface area (Å²) in [5.74, 6) is 0.750. The molecule has 1 saturated carbocycles. The van der Waals surface area contributed by atoms with Gasteiger partial charge in [0.15, 0.2) is 0 Å². The second-order valence-electron chi connectivity index (χ2n) is 5.42. The fourth-order valence-corrected chi connectivity index (χ4v) is 2.35. The van der Waals surface area contributed by atoms with Gasteiger partial charge < -0.3 is 11.1 Å². The summed E-state index contributed by atoms with van der Waals surface area (Å²) >= 11 is 0. The molecule has 0 spiro atoms. The number of rotatable bonds is 7. The van der Waals surface area contributed by atoms with Crippen LogP contribution in [0.15, 0.2) is 24.3 Å². The highest BCUT2D eigenvalue weighted by molar-refractivity contribution is 5.76. The number of aryl methyl sites for hydroxylation is 2. The summed E-state index contributed by atoms with van der Waals surface area (Å²) in [7, 11) is 0. The molecule has 3 nitrogen and oxygen atoms in total. The lowest BCUT2D eigenvalue weighted by Gasteiger charge is -2.15. The van der Waals surface area contributed by atoms with E-state index in [-0.39, 0.29) is 11.9 Å². The van der Waals surface area contributed by atoms with Gasteiger partial charge in [0.25, 0.3) is 0 Å². The fourth-order valence-electron chi connectivity index (χ4n) is 2.35. The van der Waals surface area contributed by atoms with Crippen LogP contribution in [0.3, 0.4) is 0 Å². The minimum Gasteiger partial charge on any atom is -0.352 e. The lowest BCUT2D eigenvalue weighted by molar-refractivity contribution is -0.121. The molecule has 1 aromatic carbocycles. The van der Waals surface area contributed by atoms with Gasteiger partial charge >= 0.3 is 0 Å². The van der Waals surface area contributed by atoms with E-state index in [1.54, 1.807) is 0 Å². The van der Waals surface area contributed by atoms with E-state index in [9.17, 15) is 4.79 Å². The number of hydrogen-bond acceptors (Lipinski definition) is 2. The maximum Gasteiger partial charge on any atom is 0.220 e. The monoisotopic (exact) mass is 260 g/mol. The number of carbonyl (C=O) groups is 1. The van der Waals surface area contributed by atoms with Crippen molar-refractivity contribution < 1.29 is 4.79 Å². The summed E-state index contributed by atoms with van der Waals surface area (Å²) in [5.41, 5.74) is 8.25. The van der Waals surface area contributed by atoms with E-state index >= 15 is 0 Å². The van der Waals surface area contributed by atoms with Gasteiger partial charge in [-0.25, -0.2) is 0 Å². The summed E-state index contributed by atoms with van der Waals surface area (Å²) in [6, 6.07) is 8.70.